The summed E-state index contributed by atoms with van der Waals surface area (Å²) in [6.45, 7) is 6.19. The van der Waals surface area contributed by atoms with Crippen LogP contribution in [0.5, 0.6) is 0 Å². The van der Waals surface area contributed by atoms with E-state index in [1.54, 1.807) is 18.7 Å². The molecule has 0 aliphatic heterocycles. The molecule has 2 rings (SSSR count). The van der Waals surface area contributed by atoms with Gasteiger partial charge in [0.05, 0.1) is 0 Å². The van der Waals surface area contributed by atoms with Gasteiger partial charge in [-0.25, -0.2) is 9.97 Å². The summed E-state index contributed by atoms with van der Waals surface area (Å²) in [5, 5.41) is 3.44. The molecule has 0 bridgehead atoms. The molecule has 0 unspecified atom stereocenters. The fraction of sp³-hybridized carbons (Fsp3) is 0.385. The predicted octanol–water partition coefficient (Wildman–Crippen LogP) is 2.78. The molecule has 0 aliphatic carbocycles. The zero-order valence-electron chi connectivity index (χ0n) is 10.6. The van der Waals surface area contributed by atoms with Crippen molar-refractivity contribution in [3.05, 3.63) is 41.0 Å². The lowest BCUT2D eigenvalue weighted by atomic mass is 10.2. The second-order valence-electron chi connectivity index (χ2n) is 4.63. The van der Waals surface area contributed by atoms with E-state index in [0.717, 1.165) is 28.9 Å². The molecule has 0 aliphatic rings. The molecule has 18 heavy (non-hydrogen) atoms. The summed E-state index contributed by atoms with van der Waals surface area (Å²) in [5.74, 6) is 1.56. The Hall–Kier alpha value is -1.20. The predicted molar refractivity (Wildman–Crippen MR) is 75.6 cm³/mol. The molecule has 0 aromatic carbocycles. The van der Waals surface area contributed by atoms with Gasteiger partial charge in [-0.2, -0.15) is 0 Å². The van der Waals surface area contributed by atoms with Crippen LogP contribution in [-0.2, 0) is 6.54 Å². The topological polar surface area (TPSA) is 42.7 Å². The van der Waals surface area contributed by atoms with Gasteiger partial charge < -0.3 is 5.32 Å². The Kier molecular flexibility index (Phi) is 4.49. The van der Waals surface area contributed by atoms with Crippen LogP contribution >= 0.6 is 15.9 Å². The van der Waals surface area contributed by atoms with Crippen LogP contribution in [0, 0.1) is 5.92 Å². The van der Waals surface area contributed by atoms with Crippen LogP contribution in [0.4, 0.5) is 0 Å². The first kappa shape index (κ1) is 13.2. The van der Waals surface area contributed by atoms with Gasteiger partial charge >= 0.3 is 0 Å². The quantitative estimate of drug-likeness (QED) is 0.923. The summed E-state index contributed by atoms with van der Waals surface area (Å²) in [7, 11) is 0. The first-order chi connectivity index (χ1) is 8.66. The van der Waals surface area contributed by atoms with Gasteiger partial charge in [0.15, 0.2) is 0 Å². The number of pyridine rings is 1. The van der Waals surface area contributed by atoms with E-state index in [2.05, 4.69) is 51.1 Å². The zero-order valence-corrected chi connectivity index (χ0v) is 12.2. The average molecular weight is 309 g/mol. The Bertz CT molecular complexity index is 494. The minimum absolute atomic E-state index is 0.641. The van der Waals surface area contributed by atoms with Crippen LogP contribution in [-0.4, -0.2) is 21.1 Å². The minimum Gasteiger partial charge on any atom is -0.312 e. The van der Waals surface area contributed by atoms with Crippen molar-refractivity contribution in [2.24, 2.45) is 5.92 Å². The highest BCUT2D eigenvalue weighted by molar-refractivity contribution is 9.10. The van der Waals surface area contributed by atoms with Gasteiger partial charge in [0, 0.05) is 35.2 Å². The van der Waals surface area contributed by atoms with Gasteiger partial charge in [0.25, 0.3) is 0 Å². The highest BCUT2D eigenvalue weighted by atomic mass is 79.9. The van der Waals surface area contributed by atoms with Crippen LogP contribution < -0.4 is 5.32 Å². The molecule has 2 aromatic rings. The van der Waals surface area contributed by atoms with Gasteiger partial charge in [0.1, 0.15) is 12.1 Å². The van der Waals surface area contributed by atoms with E-state index in [1.807, 2.05) is 10.8 Å². The standard InChI is InChI=1S/C13H17BrN4/c1-10(2)6-16-7-11-5-12(14)8-17-13(11)18-4-3-15-9-18/h3-5,8-10,16H,6-7H2,1-2H3. The van der Waals surface area contributed by atoms with Gasteiger partial charge in [-0.1, -0.05) is 13.8 Å². The van der Waals surface area contributed by atoms with Crippen LogP contribution in [0.2, 0.25) is 0 Å². The molecule has 4 nitrogen and oxygen atoms in total. The van der Waals surface area contributed by atoms with Crippen molar-refractivity contribution < 1.29 is 0 Å². The Morgan fingerprint density at radius 3 is 2.94 bits per heavy atom. The maximum absolute atomic E-state index is 4.45. The Balaban J connectivity index is 2.19. The highest BCUT2D eigenvalue weighted by Gasteiger charge is 2.07. The third-order valence-corrected chi connectivity index (χ3v) is 2.96. The van der Waals surface area contributed by atoms with E-state index in [1.165, 1.54) is 0 Å². The normalized spacial score (nSPS) is 11.1. The summed E-state index contributed by atoms with van der Waals surface area (Å²) < 4.78 is 2.92. The number of rotatable bonds is 5. The van der Waals surface area contributed by atoms with Crippen molar-refractivity contribution in [3.8, 4) is 5.82 Å². The molecule has 5 heteroatoms. The summed E-state index contributed by atoms with van der Waals surface area (Å²) in [6, 6.07) is 2.09. The molecule has 0 saturated heterocycles. The SMILES string of the molecule is CC(C)CNCc1cc(Br)cnc1-n1ccnc1. The summed E-state index contributed by atoms with van der Waals surface area (Å²) >= 11 is 3.47. The number of hydrogen-bond donors (Lipinski definition) is 1. The molecule has 0 fully saturated rings. The fourth-order valence-electron chi connectivity index (χ4n) is 1.72. The molecule has 1 N–H and O–H groups in total. The lowest BCUT2D eigenvalue weighted by Gasteiger charge is -2.12. The van der Waals surface area contributed by atoms with Gasteiger partial charge in [0.2, 0.25) is 0 Å². The lowest BCUT2D eigenvalue weighted by molar-refractivity contribution is 0.551. The molecule has 0 radical (unpaired) electrons. The lowest BCUT2D eigenvalue weighted by Crippen LogP contribution is -2.20. The first-order valence-electron chi connectivity index (χ1n) is 6.00. The maximum atomic E-state index is 4.45. The van der Waals surface area contributed by atoms with Gasteiger partial charge in [-0.3, -0.25) is 4.57 Å². The number of hydrogen-bond acceptors (Lipinski definition) is 3. The third-order valence-electron chi connectivity index (χ3n) is 2.53. The monoisotopic (exact) mass is 308 g/mol. The van der Waals surface area contributed by atoms with E-state index in [-0.39, 0.29) is 0 Å². The van der Waals surface area contributed by atoms with Crippen molar-refractivity contribution >= 4 is 15.9 Å². The van der Waals surface area contributed by atoms with E-state index in [0.29, 0.717) is 5.92 Å². The second kappa shape index (κ2) is 6.11. The van der Waals surface area contributed by atoms with Crippen LogP contribution in [0.15, 0.2) is 35.5 Å². The average Bonchev–Trinajstić information content (AvgIpc) is 2.82. The molecule has 0 amide bonds. The summed E-state index contributed by atoms with van der Waals surface area (Å²) in [4.78, 5) is 8.52. The number of nitrogens with zero attached hydrogens (tertiary/aromatic N) is 3. The highest BCUT2D eigenvalue weighted by Crippen LogP contribution is 2.17. The maximum Gasteiger partial charge on any atom is 0.142 e. The Morgan fingerprint density at radius 1 is 1.44 bits per heavy atom. The van der Waals surface area contributed by atoms with E-state index in [9.17, 15) is 0 Å². The number of halogens is 1. The smallest absolute Gasteiger partial charge is 0.142 e. The molecule has 0 saturated carbocycles. The van der Waals surface area contributed by atoms with Crippen LogP contribution in [0.25, 0.3) is 5.82 Å². The van der Waals surface area contributed by atoms with Crippen LogP contribution in [0.3, 0.4) is 0 Å². The summed E-state index contributed by atoms with van der Waals surface area (Å²) in [6.07, 6.45) is 7.24. The fourth-order valence-corrected chi connectivity index (χ4v) is 2.10. The third kappa shape index (κ3) is 3.40. The molecule has 0 spiro atoms. The Labute approximate surface area is 116 Å². The minimum atomic E-state index is 0.641. The van der Waals surface area contributed by atoms with E-state index in [4.69, 9.17) is 0 Å². The van der Waals surface area contributed by atoms with Crippen molar-refractivity contribution in [2.45, 2.75) is 20.4 Å². The van der Waals surface area contributed by atoms with E-state index >= 15 is 0 Å². The Morgan fingerprint density at radius 2 is 2.28 bits per heavy atom. The molecule has 0 atom stereocenters. The molecule has 96 valence electrons. The second-order valence-corrected chi connectivity index (χ2v) is 5.55. The molecular formula is C13H17BrN4. The number of nitrogens with one attached hydrogen (secondary N) is 1. The number of imidazole rings is 1. The molecular weight excluding hydrogens is 292 g/mol. The van der Waals surface area contributed by atoms with Crippen molar-refractivity contribution in [2.75, 3.05) is 6.54 Å². The van der Waals surface area contributed by atoms with Gasteiger partial charge in [-0.05, 0) is 34.5 Å². The molecule has 2 aromatic heterocycles. The van der Waals surface area contributed by atoms with Crippen molar-refractivity contribution in [1.82, 2.24) is 19.9 Å². The zero-order chi connectivity index (χ0) is 13.0. The van der Waals surface area contributed by atoms with Crippen molar-refractivity contribution in [1.29, 1.82) is 0 Å². The summed E-state index contributed by atoms with van der Waals surface area (Å²) in [5.41, 5.74) is 1.16. The van der Waals surface area contributed by atoms with Gasteiger partial charge in [-0.15, -0.1) is 0 Å². The van der Waals surface area contributed by atoms with Crippen LogP contribution in [0.1, 0.15) is 19.4 Å². The van der Waals surface area contributed by atoms with Crippen molar-refractivity contribution in [3.63, 3.8) is 0 Å². The van der Waals surface area contributed by atoms with E-state index < -0.39 is 0 Å². The molecule has 2 heterocycles. The largest absolute Gasteiger partial charge is 0.312 e. The number of aromatic nitrogens is 3. The first-order valence-corrected chi connectivity index (χ1v) is 6.79.